The monoisotopic (exact) mass is 400 g/mol. The zero-order valence-corrected chi connectivity index (χ0v) is 16.5. The van der Waals surface area contributed by atoms with Crippen LogP contribution in [-0.2, 0) is 9.63 Å². The van der Waals surface area contributed by atoms with E-state index in [0.717, 1.165) is 42.3 Å². The van der Waals surface area contributed by atoms with Crippen LogP contribution in [0.4, 0.5) is 5.13 Å². The molecule has 1 unspecified atom stereocenters. The molecule has 3 N–H and O–H groups in total. The fourth-order valence-corrected chi connectivity index (χ4v) is 4.37. The maximum atomic E-state index is 11.0. The fourth-order valence-electron chi connectivity index (χ4n) is 3.63. The summed E-state index contributed by atoms with van der Waals surface area (Å²) in [6, 6.07) is 8.61. The van der Waals surface area contributed by atoms with Crippen LogP contribution in [0.1, 0.15) is 36.8 Å². The van der Waals surface area contributed by atoms with Crippen LogP contribution in [0.2, 0.25) is 0 Å². The van der Waals surface area contributed by atoms with Gasteiger partial charge in [-0.15, -0.1) is 11.3 Å². The fraction of sp³-hybridized carbons (Fsp3) is 0.400. The number of hydroxylamine groups is 1. The van der Waals surface area contributed by atoms with Crippen molar-refractivity contribution in [3.8, 4) is 5.88 Å². The molecule has 0 spiro atoms. The molecule has 0 bridgehead atoms. The minimum Gasteiger partial charge on any atom is -0.493 e. The van der Waals surface area contributed by atoms with Crippen LogP contribution in [0.25, 0.3) is 5.70 Å². The lowest BCUT2D eigenvalue weighted by Crippen LogP contribution is -2.32. The first-order valence-electron chi connectivity index (χ1n) is 9.46. The molecule has 2 aromatic rings. The minimum atomic E-state index is -0.159. The Kier molecular flexibility index (Phi) is 5.50. The highest BCUT2D eigenvalue weighted by molar-refractivity contribution is 7.13. The average Bonchev–Trinajstić information content (AvgIpc) is 3.36. The SMILES string of the molecule is CC(=O)NCC1C=C(c2ccc(C3CCN(c4nc(O)cs4)CC3)cc2)NO1. The van der Waals surface area contributed by atoms with Gasteiger partial charge in [-0.3, -0.25) is 15.1 Å². The molecule has 2 aliphatic heterocycles. The first-order valence-corrected chi connectivity index (χ1v) is 10.3. The molecule has 0 saturated carbocycles. The van der Waals surface area contributed by atoms with Gasteiger partial charge in [0.2, 0.25) is 11.8 Å². The maximum Gasteiger partial charge on any atom is 0.223 e. The Bertz CT molecular complexity index is 857. The largest absolute Gasteiger partial charge is 0.493 e. The topological polar surface area (TPSA) is 86.7 Å². The van der Waals surface area contributed by atoms with E-state index < -0.39 is 0 Å². The van der Waals surface area contributed by atoms with Crippen molar-refractivity contribution in [2.24, 2.45) is 0 Å². The van der Waals surface area contributed by atoms with Crippen LogP contribution < -0.4 is 15.7 Å². The van der Waals surface area contributed by atoms with Crippen molar-refractivity contribution in [1.82, 2.24) is 15.8 Å². The number of hydrogen-bond acceptors (Lipinski definition) is 7. The van der Waals surface area contributed by atoms with E-state index in [4.69, 9.17) is 4.84 Å². The average molecular weight is 401 g/mol. The molecule has 7 nitrogen and oxygen atoms in total. The first-order chi connectivity index (χ1) is 13.6. The summed E-state index contributed by atoms with van der Waals surface area (Å²) in [5.74, 6) is 0.580. The van der Waals surface area contributed by atoms with Crippen LogP contribution in [0.5, 0.6) is 5.88 Å². The molecule has 3 heterocycles. The molecule has 1 saturated heterocycles. The number of hydrogen-bond donors (Lipinski definition) is 3. The molecule has 1 aromatic heterocycles. The molecule has 0 radical (unpaired) electrons. The van der Waals surface area contributed by atoms with Crippen molar-refractivity contribution in [1.29, 1.82) is 0 Å². The Morgan fingerprint density at radius 3 is 2.75 bits per heavy atom. The van der Waals surface area contributed by atoms with Gasteiger partial charge < -0.3 is 15.3 Å². The van der Waals surface area contributed by atoms with E-state index >= 15 is 0 Å². The summed E-state index contributed by atoms with van der Waals surface area (Å²) in [5.41, 5.74) is 6.30. The molecule has 2 aliphatic rings. The van der Waals surface area contributed by atoms with Crippen LogP contribution in [0.15, 0.2) is 35.7 Å². The summed E-state index contributed by atoms with van der Waals surface area (Å²) in [5, 5.41) is 14.8. The zero-order valence-electron chi connectivity index (χ0n) is 15.7. The summed E-state index contributed by atoms with van der Waals surface area (Å²) in [7, 11) is 0. The third-order valence-corrected chi connectivity index (χ3v) is 6.05. The standard InChI is InChI=1S/C20H24N4O3S/c1-13(25)21-11-17-10-18(23-27-17)16-4-2-14(3-5-16)15-6-8-24(9-7-15)20-22-19(26)12-28-20/h2-5,10,12,15,17,23,26H,6-9,11H2,1H3,(H,21,25). The molecule has 28 heavy (non-hydrogen) atoms. The molecule has 1 fully saturated rings. The zero-order chi connectivity index (χ0) is 19.5. The lowest BCUT2D eigenvalue weighted by molar-refractivity contribution is -0.119. The summed E-state index contributed by atoms with van der Waals surface area (Å²) in [4.78, 5) is 22.9. The van der Waals surface area contributed by atoms with Gasteiger partial charge in [0.1, 0.15) is 6.10 Å². The number of amides is 1. The van der Waals surface area contributed by atoms with Crippen molar-refractivity contribution in [2.75, 3.05) is 24.5 Å². The van der Waals surface area contributed by atoms with Crippen LogP contribution >= 0.6 is 11.3 Å². The Balaban J connectivity index is 1.34. The summed E-state index contributed by atoms with van der Waals surface area (Å²) < 4.78 is 0. The van der Waals surface area contributed by atoms with Gasteiger partial charge in [-0.1, -0.05) is 24.3 Å². The smallest absolute Gasteiger partial charge is 0.223 e. The Hall–Kier alpha value is -2.58. The number of nitrogens with zero attached hydrogens (tertiary/aromatic N) is 2. The van der Waals surface area contributed by atoms with E-state index in [0.29, 0.717) is 12.5 Å². The number of aromatic hydroxyl groups is 1. The molecule has 1 amide bonds. The van der Waals surface area contributed by atoms with Gasteiger partial charge in [0.05, 0.1) is 17.6 Å². The minimum absolute atomic E-state index is 0.0625. The highest BCUT2D eigenvalue weighted by atomic mass is 32.1. The maximum absolute atomic E-state index is 11.0. The number of nitrogens with one attached hydrogen (secondary N) is 2. The first kappa shape index (κ1) is 18.8. The second-order valence-corrected chi connectivity index (χ2v) is 7.98. The predicted octanol–water partition coefficient (Wildman–Crippen LogP) is 2.61. The van der Waals surface area contributed by atoms with Gasteiger partial charge in [0, 0.05) is 20.0 Å². The predicted molar refractivity (Wildman–Crippen MR) is 109 cm³/mol. The van der Waals surface area contributed by atoms with Crippen molar-refractivity contribution < 1.29 is 14.7 Å². The highest BCUT2D eigenvalue weighted by Crippen LogP contribution is 2.33. The molecular weight excluding hydrogens is 376 g/mol. The number of thiazole rings is 1. The molecule has 0 aliphatic carbocycles. The van der Waals surface area contributed by atoms with Gasteiger partial charge in [-0.2, -0.15) is 4.98 Å². The number of carbonyl (C=O) groups excluding carboxylic acids is 1. The van der Waals surface area contributed by atoms with Gasteiger partial charge in [0.25, 0.3) is 0 Å². The number of rotatable bonds is 5. The van der Waals surface area contributed by atoms with Gasteiger partial charge in [-0.05, 0) is 36.0 Å². The van der Waals surface area contributed by atoms with E-state index in [9.17, 15) is 9.90 Å². The van der Waals surface area contributed by atoms with Crippen LogP contribution in [-0.4, -0.2) is 41.7 Å². The lowest BCUT2D eigenvalue weighted by Gasteiger charge is -2.32. The lowest BCUT2D eigenvalue weighted by atomic mass is 9.89. The normalized spacial score (nSPS) is 20.0. The molecule has 1 atom stereocenters. The Labute approximate surface area is 168 Å². The van der Waals surface area contributed by atoms with Crippen LogP contribution in [0.3, 0.4) is 0 Å². The molecule has 1 aromatic carbocycles. The van der Waals surface area contributed by atoms with E-state index in [1.165, 1.54) is 23.8 Å². The number of carbonyl (C=O) groups is 1. The van der Waals surface area contributed by atoms with Gasteiger partial charge in [0.15, 0.2) is 5.13 Å². The number of anilines is 1. The van der Waals surface area contributed by atoms with E-state index in [-0.39, 0.29) is 17.9 Å². The quantitative estimate of drug-likeness (QED) is 0.715. The molecule has 8 heteroatoms. The summed E-state index contributed by atoms with van der Waals surface area (Å²) >= 11 is 1.49. The third kappa shape index (κ3) is 4.28. The van der Waals surface area contributed by atoms with Crippen molar-refractivity contribution in [3.05, 3.63) is 46.8 Å². The number of piperidine rings is 1. The van der Waals surface area contributed by atoms with Crippen molar-refractivity contribution in [3.63, 3.8) is 0 Å². The second kappa shape index (κ2) is 8.20. The van der Waals surface area contributed by atoms with E-state index in [2.05, 4.69) is 44.9 Å². The van der Waals surface area contributed by atoms with Crippen molar-refractivity contribution >= 4 is 28.1 Å². The second-order valence-electron chi connectivity index (χ2n) is 7.15. The Morgan fingerprint density at radius 1 is 1.36 bits per heavy atom. The number of aromatic nitrogens is 1. The highest BCUT2D eigenvalue weighted by Gasteiger charge is 2.23. The van der Waals surface area contributed by atoms with Gasteiger partial charge in [-0.25, -0.2) is 0 Å². The third-order valence-electron chi connectivity index (χ3n) is 5.16. The molecule has 4 rings (SSSR count). The summed E-state index contributed by atoms with van der Waals surface area (Å²) in [6.45, 7) is 3.85. The van der Waals surface area contributed by atoms with Gasteiger partial charge >= 0.3 is 0 Å². The van der Waals surface area contributed by atoms with Crippen molar-refractivity contribution in [2.45, 2.75) is 31.8 Å². The number of benzene rings is 1. The Morgan fingerprint density at radius 2 is 2.11 bits per heavy atom. The van der Waals surface area contributed by atoms with E-state index in [1.807, 2.05) is 6.08 Å². The van der Waals surface area contributed by atoms with E-state index in [1.54, 1.807) is 5.38 Å². The summed E-state index contributed by atoms with van der Waals surface area (Å²) in [6.07, 6.45) is 3.98. The molecular formula is C20H24N4O3S. The van der Waals surface area contributed by atoms with Crippen LogP contribution in [0, 0.1) is 0 Å². The molecule has 148 valence electrons.